The molecule has 0 amide bonds. The van der Waals surface area contributed by atoms with Crippen LogP contribution in [-0.2, 0) is 4.74 Å². The van der Waals surface area contributed by atoms with E-state index in [1.54, 1.807) is 7.11 Å². The van der Waals surface area contributed by atoms with Crippen LogP contribution in [0.1, 0.15) is 44.9 Å². The van der Waals surface area contributed by atoms with E-state index in [0.29, 0.717) is 6.04 Å². The third-order valence-electron chi connectivity index (χ3n) is 3.49. The fourth-order valence-electron chi connectivity index (χ4n) is 2.35. The Morgan fingerprint density at radius 3 is 2.53 bits per heavy atom. The van der Waals surface area contributed by atoms with Crippen LogP contribution in [0.5, 0.6) is 0 Å². The van der Waals surface area contributed by atoms with E-state index < -0.39 is 0 Å². The molecule has 1 aliphatic rings. The summed E-state index contributed by atoms with van der Waals surface area (Å²) in [5.41, 5.74) is 0. The zero-order valence-corrected chi connectivity index (χ0v) is 12.0. The predicted octanol–water partition coefficient (Wildman–Crippen LogP) is 2.55. The van der Waals surface area contributed by atoms with Gasteiger partial charge in [0.15, 0.2) is 5.11 Å². The first-order valence-corrected chi connectivity index (χ1v) is 7.16. The average Bonchev–Trinajstić information content (AvgIpc) is 2.62. The first-order valence-electron chi connectivity index (χ1n) is 6.75. The third-order valence-corrected chi connectivity index (χ3v) is 3.93. The van der Waals surface area contributed by atoms with Crippen molar-refractivity contribution in [2.75, 3.05) is 27.3 Å². The minimum absolute atomic E-state index is 0.639. The van der Waals surface area contributed by atoms with Gasteiger partial charge < -0.3 is 15.0 Å². The van der Waals surface area contributed by atoms with E-state index in [4.69, 9.17) is 17.0 Å². The maximum Gasteiger partial charge on any atom is 0.168 e. The molecule has 1 saturated carbocycles. The van der Waals surface area contributed by atoms with Gasteiger partial charge in [-0.25, -0.2) is 0 Å². The van der Waals surface area contributed by atoms with Gasteiger partial charge in [-0.1, -0.05) is 25.7 Å². The van der Waals surface area contributed by atoms with Crippen LogP contribution in [0.25, 0.3) is 0 Å². The van der Waals surface area contributed by atoms with Crippen molar-refractivity contribution in [1.82, 2.24) is 10.2 Å². The summed E-state index contributed by atoms with van der Waals surface area (Å²) >= 11 is 5.43. The van der Waals surface area contributed by atoms with Crippen LogP contribution in [0.3, 0.4) is 0 Å². The van der Waals surface area contributed by atoms with Crippen LogP contribution in [-0.4, -0.2) is 43.4 Å². The SMILES string of the molecule is COCCCNC(=S)N(C)C1CCCCCC1. The van der Waals surface area contributed by atoms with Gasteiger partial charge in [0, 0.05) is 33.4 Å². The molecule has 0 radical (unpaired) electrons. The molecule has 0 aromatic rings. The minimum atomic E-state index is 0.639. The van der Waals surface area contributed by atoms with Crippen molar-refractivity contribution < 1.29 is 4.74 Å². The van der Waals surface area contributed by atoms with Crippen LogP contribution in [0.2, 0.25) is 0 Å². The van der Waals surface area contributed by atoms with Crippen LogP contribution in [0.4, 0.5) is 0 Å². The number of nitrogens with one attached hydrogen (secondary N) is 1. The van der Waals surface area contributed by atoms with Gasteiger partial charge in [-0.15, -0.1) is 0 Å². The van der Waals surface area contributed by atoms with Gasteiger partial charge in [0.1, 0.15) is 0 Å². The summed E-state index contributed by atoms with van der Waals surface area (Å²) < 4.78 is 5.02. The number of hydrogen-bond donors (Lipinski definition) is 1. The highest BCUT2D eigenvalue weighted by atomic mass is 32.1. The molecule has 0 heterocycles. The summed E-state index contributed by atoms with van der Waals surface area (Å²) in [4.78, 5) is 2.26. The molecule has 0 aliphatic heterocycles. The van der Waals surface area contributed by atoms with Crippen LogP contribution >= 0.6 is 12.2 Å². The number of methoxy groups -OCH3 is 1. The highest BCUT2D eigenvalue weighted by Gasteiger charge is 2.18. The second-order valence-corrected chi connectivity index (χ2v) is 5.22. The molecule has 0 aromatic carbocycles. The summed E-state index contributed by atoms with van der Waals surface area (Å²) in [6, 6.07) is 0.639. The van der Waals surface area contributed by atoms with Crippen molar-refractivity contribution in [3.8, 4) is 0 Å². The van der Waals surface area contributed by atoms with Gasteiger partial charge in [-0.05, 0) is 31.5 Å². The monoisotopic (exact) mass is 258 g/mol. The maximum absolute atomic E-state index is 5.43. The highest BCUT2D eigenvalue weighted by molar-refractivity contribution is 7.80. The van der Waals surface area contributed by atoms with Crippen molar-refractivity contribution >= 4 is 17.3 Å². The number of hydrogen-bond acceptors (Lipinski definition) is 2. The van der Waals surface area contributed by atoms with Crippen LogP contribution in [0.15, 0.2) is 0 Å². The first-order chi connectivity index (χ1) is 8.25. The lowest BCUT2D eigenvalue weighted by atomic mass is 10.1. The van der Waals surface area contributed by atoms with Crippen molar-refractivity contribution in [3.05, 3.63) is 0 Å². The Balaban J connectivity index is 2.24. The van der Waals surface area contributed by atoms with Gasteiger partial charge in [0.25, 0.3) is 0 Å². The molecule has 1 rings (SSSR count). The minimum Gasteiger partial charge on any atom is -0.385 e. The summed E-state index contributed by atoms with van der Waals surface area (Å²) in [5, 5.41) is 4.21. The molecule has 0 saturated heterocycles. The Morgan fingerprint density at radius 1 is 1.29 bits per heavy atom. The summed E-state index contributed by atoms with van der Waals surface area (Å²) in [6.45, 7) is 1.70. The lowest BCUT2D eigenvalue weighted by molar-refractivity contribution is 0.195. The Bertz CT molecular complexity index is 215. The number of thiocarbonyl (C=S) groups is 1. The third kappa shape index (κ3) is 5.68. The molecule has 1 fully saturated rings. The molecule has 100 valence electrons. The first kappa shape index (κ1) is 14.7. The molecular weight excluding hydrogens is 232 g/mol. The van der Waals surface area contributed by atoms with Crippen LogP contribution < -0.4 is 5.32 Å². The fourth-order valence-corrected chi connectivity index (χ4v) is 2.60. The van der Waals surface area contributed by atoms with E-state index in [-0.39, 0.29) is 0 Å². The normalized spacial score (nSPS) is 17.5. The fraction of sp³-hybridized carbons (Fsp3) is 0.923. The van der Waals surface area contributed by atoms with Gasteiger partial charge in [-0.3, -0.25) is 0 Å². The van der Waals surface area contributed by atoms with E-state index in [9.17, 15) is 0 Å². The van der Waals surface area contributed by atoms with E-state index in [2.05, 4.69) is 17.3 Å². The number of rotatable bonds is 5. The number of ether oxygens (including phenoxy) is 1. The van der Waals surface area contributed by atoms with Gasteiger partial charge in [0.05, 0.1) is 0 Å². The van der Waals surface area contributed by atoms with Gasteiger partial charge in [0.2, 0.25) is 0 Å². The van der Waals surface area contributed by atoms with E-state index in [1.807, 2.05) is 0 Å². The molecule has 0 spiro atoms. The Labute approximate surface area is 111 Å². The van der Waals surface area contributed by atoms with Crippen molar-refractivity contribution in [1.29, 1.82) is 0 Å². The highest BCUT2D eigenvalue weighted by Crippen LogP contribution is 2.20. The van der Waals surface area contributed by atoms with E-state index in [0.717, 1.165) is 24.7 Å². The van der Waals surface area contributed by atoms with Crippen molar-refractivity contribution in [2.45, 2.75) is 51.0 Å². The largest absolute Gasteiger partial charge is 0.385 e. The smallest absolute Gasteiger partial charge is 0.168 e. The second kappa shape index (κ2) is 8.70. The molecule has 3 nitrogen and oxygen atoms in total. The predicted molar refractivity (Wildman–Crippen MR) is 76.3 cm³/mol. The standard InChI is InChI=1S/C13H26N2OS/c1-15(12-8-5-3-4-6-9-12)13(17)14-10-7-11-16-2/h12H,3-11H2,1-2H3,(H,14,17). The summed E-state index contributed by atoms with van der Waals surface area (Å²) in [7, 11) is 3.86. The lowest BCUT2D eigenvalue weighted by Gasteiger charge is -2.29. The molecule has 1 aliphatic carbocycles. The van der Waals surface area contributed by atoms with Gasteiger partial charge in [-0.2, -0.15) is 0 Å². The maximum atomic E-state index is 5.43. The zero-order chi connectivity index (χ0) is 12.5. The molecular formula is C13H26N2OS. The lowest BCUT2D eigenvalue weighted by Crippen LogP contribution is -2.43. The quantitative estimate of drug-likeness (QED) is 0.465. The molecule has 0 unspecified atom stereocenters. The number of nitrogens with zero attached hydrogens (tertiary/aromatic N) is 1. The second-order valence-electron chi connectivity index (χ2n) is 4.83. The van der Waals surface area contributed by atoms with Crippen LogP contribution in [0, 0.1) is 0 Å². The van der Waals surface area contributed by atoms with Crippen molar-refractivity contribution in [3.63, 3.8) is 0 Å². The molecule has 0 atom stereocenters. The van der Waals surface area contributed by atoms with E-state index in [1.165, 1.54) is 38.5 Å². The molecule has 4 heteroatoms. The molecule has 0 aromatic heterocycles. The zero-order valence-electron chi connectivity index (χ0n) is 11.2. The van der Waals surface area contributed by atoms with Crippen molar-refractivity contribution in [2.24, 2.45) is 0 Å². The average molecular weight is 258 g/mol. The van der Waals surface area contributed by atoms with Gasteiger partial charge >= 0.3 is 0 Å². The molecule has 0 bridgehead atoms. The Kier molecular flexibility index (Phi) is 7.53. The Hall–Kier alpha value is -0.350. The summed E-state index contributed by atoms with van der Waals surface area (Å²) in [5.74, 6) is 0. The topological polar surface area (TPSA) is 24.5 Å². The van der Waals surface area contributed by atoms with E-state index >= 15 is 0 Å². The Morgan fingerprint density at radius 2 is 1.94 bits per heavy atom. The molecule has 1 N–H and O–H groups in total. The molecule has 17 heavy (non-hydrogen) atoms. The summed E-state index contributed by atoms with van der Waals surface area (Å²) in [6.07, 6.45) is 9.06.